The molecule has 0 aromatic carbocycles. The van der Waals surface area contributed by atoms with Gasteiger partial charge in [-0.05, 0) is 6.07 Å². The highest BCUT2D eigenvalue weighted by molar-refractivity contribution is 5.97. The van der Waals surface area contributed by atoms with Crippen LogP contribution in [0.4, 0.5) is 11.5 Å². The average Bonchev–Trinajstić information content (AvgIpc) is 2.73. The quantitative estimate of drug-likeness (QED) is 0.724. The molecule has 2 aromatic rings. The number of nitrogens with one attached hydrogen (secondary N) is 1. The number of aromatic amines is 1. The zero-order valence-corrected chi connectivity index (χ0v) is 8.81. The minimum Gasteiger partial charge on any atom is -0.383 e. The average molecular weight is 219 g/mol. The fraction of sp³-hybridized carbons (Fsp3) is 0.400. The molecule has 1 saturated heterocycles. The Morgan fingerprint density at radius 3 is 3.00 bits per heavy atom. The van der Waals surface area contributed by atoms with Crippen molar-refractivity contribution in [3.05, 3.63) is 12.3 Å². The largest absolute Gasteiger partial charge is 0.383 e. The summed E-state index contributed by atoms with van der Waals surface area (Å²) in [5, 5.41) is 7.72. The highest BCUT2D eigenvalue weighted by Gasteiger charge is 2.16. The molecule has 6 nitrogen and oxygen atoms in total. The van der Waals surface area contributed by atoms with Crippen LogP contribution >= 0.6 is 0 Å². The van der Waals surface area contributed by atoms with E-state index >= 15 is 0 Å². The van der Waals surface area contributed by atoms with E-state index in [9.17, 15) is 0 Å². The molecule has 2 aromatic heterocycles. The second kappa shape index (κ2) is 3.64. The number of nitrogen functional groups attached to an aromatic ring is 1. The van der Waals surface area contributed by atoms with Crippen molar-refractivity contribution >= 4 is 22.5 Å². The second-order valence-electron chi connectivity index (χ2n) is 3.77. The van der Waals surface area contributed by atoms with Crippen LogP contribution in [-0.4, -0.2) is 41.5 Å². The van der Waals surface area contributed by atoms with Gasteiger partial charge in [0.25, 0.3) is 0 Å². The number of H-pyrrole nitrogens is 1. The molecule has 0 spiro atoms. The van der Waals surface area contributed by atoms with Crippen LogP contribution in [-0.2, 0) is 4.74 Å². The molecule has 0 saturated carbocycles. The van der Waals surface area contributed by atoms with Crippen LogP contribution in [0.25, 0.3) is 11.0 Å². The number of hydrogen-bond donors (Lipinski definition) is 2. The van der Waals surface area contributed by atoms with Crippen LogP contribution in [0.1, 0.15) is 0 Å². The summed E-state index contributed by atoms with van der Waals surface area (Å²) >= 11 is 0. The summed E-state index contributed by atoms with van der Waals surface area (Å²) in [7, 11) is 0. The molecule has 0 aliphatic carbocycles. The number of anilines is 2. The summed E-state index contributed by atoms with van der Waals surface area (Å²) in [6.45, 7) is 3.26. The molecule has 0 radical (unpaired) electrons. The monoisotopic (exact) mass is 219 g/mol. The Hall–Kier alpha value is -1.82. The lowest BCUT2D eigenvalue weighted by Crippen LogP contribution is -2.36. The Kier molecular flexibility index (Phi) is 2.14. The Bertz CT molecular complexity index is 503. The lowest BCUT2D eigenvalue weighted by atomic mass is 10.2. The van der Waals surface area contributed by atoms with Crippen LogP contribution in [0.15, 0.2) is 12.3 Å². The number of aromatic nitrogens is 3. The standard InChI is InChI=1S/C10H13N5O/c11-9-8-7(15-3-5-16-6-4-15)1-2-12-10(8)14-13-9/h1-2H,3-6H2,(H3,11,12,13,14). The Morgan fingerprint density at radius 1 is 1.38 bits per heavy atom. The van der Waals surface area contributed by atoms with Crippen molar-refractivity contribution < 1.29 is 4.74 Å². The van der Waals surface area contributed by atoms with E-state index in [-0.39, 0.29) is 0 Å². The maximum atomic E-state index is 5.87. The zero-order chi connectivity index (χ0) is 11.0. The lowest BCUT2D eigenvalue weighted by molar-refractivity contribution is 0.123. The smallest absolute Gasteiger partial charge is 0.185 e. The van der Waals surface area contributed by atoms with Gasteiger partial charge in [-0.15, -0.1) is 0 Å². The van der Waals surface area contributed by atoms with E-state index in [1.807, 2.05) is 6.07 Å². The first-order valence-electron chi connectivity index (χ1n) is 5.27. The van der Waals surface area contributed by atoms with Gasteiger partial charge in [0.1, 0.15) is 5.82 Å². The molecular formula is C10H13N5O. The first-order valence-corrected chi connectivity index (χ1v) is 5.27. The first-order chi connectivity index (χ1) is 7.86. The molecule has 16 heavy (non-hydrogen) atoms. The number of morpholine rings is 1. The minimum atomic E-state index is 0.574. The van der Waals surface area contributed by atoms with Gasteiger partial charge in [0.2, 0.25) is 0 Å². The zero-order valence-electron chi connectivity index (χ0n) is 8.81. The van der Waals surface area contributed by atoms with E-state index in [1.165, 1.54) is 0 Å². The van der Waals surface area contributed by atoms with E-state index in [2.05, 4.69) is 20.1 Å². The molecule has 1 aliphatic heterocycles. The summed E-state index contributed by atoms with van der Waals surface area (Å²) in [5.74, 6) is 0.574. The van der Waals surface area contributed by atoms with E-state index in [0.29, 0.717) is 11.5 Å². The van der Waals surface area contributed by atoms with Crippen LogP contribution in [0.2, 0.25) is 0 Å². The van der Waals surface area contributed by atoms with Gasteiger partial charge in [-0.2, -0.15) is 5.10 Å². The fourth-order valence-corrected chi connectivity index (χ4v) is 2.02. The van der Waals surface area contributed by atoms with Crippen molar-refractivity contribution in [1.29, 1.82) is 0 Å². The molecule has 0 amide bonds. The van der Waals surface area contributed by atoms with Crippen molar-refractivity contribution in [3.8, 4) is 0 Å². The summed E-state index contributed by atoms with van der Waals surface area (Å²) in [5.41, 5.74) is 7.62. The molecule has 6 heteroatoms. The Labute approximate surface area is 92.4 Å². The molecule has 3 N–H and O–H groups in total. The maximum Gasteiger partial charge on any atom is 0.185 e. The van der Waals surface area contributed by atoms with Gasteiger partial charge in [-0.3, -0.25) is 5.10 Å². The van der Waals surface area contributed by atoms with Crippen molar-refractivity contribution in [3.63, 3.8) is 0 Å². The van der Waals surface area contributed by atoms with Crippen molar-refractivity contribution in [1.82, 2.24) is 15.2 Å². The normalized spacial score (nSPS) is 16.9. The predicted molar refractivity (Wildman–Crippen MR) is 61.3 cm³/mol. The highest BCUT2D eigenvalue weighted by atomic mass is 16.5. The van der Waals surface area contributed by atoms with Gasteiger partial charge in [-0.25, -0.2) is 4.98 Å². The van der Waals surface area contributed by atoms with E-state index in [4.69, 9.17) is 10.5 Å². The first kappa shape index (κ1) is 9.41. The van der Waals surface area contributed by atoms with Crippen LogP contribution < -0.4 is 10.6 Å². The fourth-order valence-electron chi connectivity index (χ4n) is 2.02. The van der Waals surface area contributed by atoms with Gasteiger partial charge in [0.05, 0.1) is 24.3 Å². The number of fused-ring (bicyclic) bond motifs is 1. The number of nitrogens with zero attached hydrogens (tertiary/aromatic N) is 3. The molecule has 84 valence electrons. The summed E-state index contributed by atoms with van der Waals surface area (Å²) in [6, 6.07) is 1.97. The van der Waals surface area contributed by atoms with Crippen LogP contribution in [0.5, 0.6) is 0 Å². The SMILES string of the molecule is Nc1[nH]nc2nccc(N3CCOCC3)c12. The third kappa shape index (κ3) is 1.38. The van der Waals surface area contributed by atoms with Gasteiger partial charge in [0.15, 0.2) is 5.65 Å². The summed E-state index contributed by atoms with van der Waals surface area (Å²) in [6.07, 6.45) is 1.76. The molecule has 3 heterocycles. The van der Waals surface area contributed by atoms with E-state index < -0.39 is 0 Å². The molecular weight excluding hydrogens is 206 g/mol. The number of ether oxygens (including phenoxy) is 1. The van der Waals surface area contributed by atoms with Crippen LogP contribution in [0.3, 0.4) is 0 Å². The van der Waals surface area contributed by atoms with E-state index in [1.54, 1.807) is 6.20 Å². The van der Waals surface area contributed by atoms with Crippen molar-refractivity contribution in [2.24, 2.45) is 0 Å². The topological polar surface area (TPSA) is 80.1 Å². The van der Waals surface area contributed by atoms with E-state index in [0.717, 1.165) is 37.4 Å². The number of nitrogens with two attached hydrogens (primary N) is 1. The second-order valence-corrected chi connectivity index (χ2v) is 3.77. The molecule has 0 atom stereocenters. The van der Waals surface area contributed by atoms with Gasteiger partial charge in [0, 0.05) is 19.3 Å². The summed E-state index contributed by atoms with van der Waals surface area (Å²) in [4.78, 5) is 6.43. The van der Waals surface area contributed by atoms with Gasteiger partial charge in [-0.1, -0.05) is 0 Å². The number of hydrogen-bond acceptors (Lipinski definition) is 5. The summed E-state index contributed by atoms with van der Waals surface area (Å²) < 4.78 is 5.33. The minimum absolute atomic E-state index is 0.574. The molecule has 3 rings (SSSR count). The van der Waals surface area contributed by atoms with Gasteiger partial charge < -0.3 is 15.4 Å². The molecule has 1 aliphatic rings. The third-order valence-electron chi connectivity index (χ3n) is 2.81. The molecule has 0 unspecified atom stereocenters. The van der Waals surface area contributed by atoms with Crippen molar-refractivity contribution in [2.75, 3.05) is 36.9 Å². The third-order valence-corrected chi connectivity index (χ3v) is 2.81. The lowest BCUT2D eigenvalue weighted by Gasteiger charge is -2.29. The Morgan fingerprint density at radius 2 is 2.19 bits per heavy atom. The van der Waals surface area contributed by atoms with Crippen molar-refractivity contribution in [2.45, 2.75) is 0 Å². The number of rotatable bonds is 1. The predicted octanol–water partition coefficient (Wildman–Crippen LogP) is 0.377. The van der Waals surface area contributed by atoms with Crippen LogP contribution in [0, 0.1) is 0 Å². The number of pyridine rings is 1. The van der Waals surface area contributed by atoms with Gasteiger partial charge >= 0.3 is 0 Å². The highest BCUT2D eigenvalue weighted by Crippen LogP contribution is 2.28. The Balaban J connectivity index is 2.10. The molecule has 0 bridgehead atoms. The molecule has 1 fully saturated rings. The maximum absolute atomic E-state index is 5.87.